The Kier molecular flexibility index (Phi) is 5.34. The van der Waals surface area contributed by atoms with Crippen molar-refractivity contribution in [3.63, 3.8) is 0 Å². The van der Waals surface area contributed by atoms with Gasteiger partial charge in [-0.3, -0.25) is 9.59 Å². The number of aromatic nitrogens is 3. The number of hydrogen-bond donors (Lipinski definition) is 2. The van der Waals surface area contributed by atoms with Crippen molar-refractivity contribution in [1.82, 2.24) is 14.2 Å². The van der Waals surface area contributed by atoms with Crippen LogP contribution in [-0.2, 0) is 11.3 Å². The fourth-order valence-corrected chi connectivity index (χ4v) is 3.44. The molecule has 0 fully saturated rings. The molecule has 1 aliphatic heterocycles. The number of rotatable bonds is 6. The van der Waals surface area contributed by atoms with Crippen molar-refractivity contribution < 1.29 is 23.8 Å². The van der Waals surface area contributed by atoms with Gasteiger partial charge in [-0.1, -0.05) is 0 Å². The molecule has 0 atom stereocenters. The molecule has 0 bridgehead atoms. The molecule has 0 aliphatic carbocycles. The molecule has 5 rings (SSSR count). The van der Waals surface area contributed by atoms with E-state index in [4.69, 9.17) is 14.2 Å². The molecule has 0 radical (unpaired) electrons. The van der Waals surface area contributed by atoms with Crippen LogP contribution in [0.3, 0.4) is 0 Å². The molecule has 0 saturated carbocycles. The quantitative estimate of drug-likeness (QED) is 0.451. The lowest BCUT2D eigenvalue weighted by Crippen LogP contribution is -2.28. The van der Waals surface area contributed by atoms with E-state index >= 15 is 0 Å². The molecule has 2 aromatic carbocycles. The molecular weight excluding hydrogens is 442 g/mol. The van der Waals surface area contributed by atoms with Crippen LogP contribution in [0.5, 0.6) is 17.2 Å². The Labute approximate surface area is 192 Å². The van der Waals surface area contributed by atoms with Gasteiger partial charge in [0, 0.05) is 23.6 Å². The van der Waals surface area contributed by atoms with E-state index in [0.29, 0.717) is 34.3 Å². The fourth-order valence-electron chi connectivity index (χ4n) is 3.44. The number of fused-ring (bicyclic) bond motifs is 2. The van der Waals surface area contributed by atoms with E-state index in [1.165, 1.54) is 16.7 Å². The average molecular weight is 461 g/mol. The maximum atomic E-state index is 12.8. The van der Waals surface area contributed by atoms with Crippen LogP contribution in [0.25, 0.3) is 5.65 Å². The molecule has 34 heavy (non-hydrogen) atoms. The molecule has 2 N–H and O–H groups in total. The number of nitrogens with one attached hydrogen (secondary N) is 2. The third-order valence-electron chi connectivity index (χ3n) is 5.14. The smallest absolute Gasteiger partial charge is 0.350 e. The summed E-state index contributed by atoms with van der Waals surface area (Å²) in [5.41, 5.74) is 1.10. The number of pyridine rings is 1. The van der Waals surface area contributed by atoms with Crippen LogP contribution in [-0.4, -0.2) is 39.9 Å². The second kappa shape index (κ2) is 8.62. The minimum atomic E-state index is -0.546. The van der Waals surface area contributed by atoms with E-state index in [9.17, 15) is 14.4 Å². The van der Waals surface area contributed by atoms with Gasteiger partial charge >= 0.3 is 5.69 Å². The molecule has 11 nitrogen and oxygen atoms in total. The Bertz CT molecular complexity index is 1460. The summed E-state index contributed by atoms with van der Waals surface area (Å²) in [5, 5.41) is 9.63. The summed E-state index contributed by atoms with van der Waals surface area (Å²) in [6, 6.07) is 15.0. The van der Waals surface area contributed by atoms with Gasteiger partial charge in [-0.25, -0.2) is 13.9 Å². The normalized spacial score (nSPS) is 11.9. The van der Waals surface area contributed by atoms with Crippen LogP contribution in [0, 0.1) is 0 Å². The van der Waals surface area contributed by atoms with E-state index in [1.807, 2.05) is 0 Å². The Hall–Kier alpha value is -4.80. The van der Waals surface area contributed by atoms with Crippen LogP contribution in [0.4, 0.5) is 11.4 Å². The summed E-state index contributed by atoms with van der Waals surface area (Å²) in [7, 11) is 1.56. The molecule has 4 aromatic rings. The summed E-state index contributed by atoms with van der Waals surface area (Å²) in [6.45, 7) is -0.175. The van der Waals surface area contributed by atoms with Crippen LogP contribution < -0.4 is 30.5 Å². The number of benzene rings is 2. The van der Waals surface area contributed by atoms with E-state index in [1.54, 1.807) is 55.6 Å². The van der Waals surface area contributed by atoms with Crippen molar-refractivity contribution in [1.29, 1.82) is 0 Å². The lowest BCUT2D eigenvalue weighted by Gasteiger charge is -2.06. The van der Waals surface area contributed by atoms with Crippen LogP contribution in [0.15, 0.2) is 65.6 Å². The average Bonchev–Trinajstić information content (AvgIpc) is 3.43. The highest BCUT2D eigenvalue weighted by Gasteiger charge is 2.16. The molecule has 172 valence electrons. The van der Waals surface area contributed by atoms with Gasteiger partial charge in [0.15, 0.2) is 17.1 Å². The standard InChI is InChI=1S/C23H19N5O6/c1-32-17-6-3-15(4-7-17)25-22(30)14-2-9-20-26-28(23(31)27(20)11-14)12-21(29)24-16-5-8-18-19(10-16)34-13-33-18/h2-11H,12-13H2,1H3,(H,24,29)(H,25,30). The zero-order valence-corrected chi connectivity index (χ0v) is 18.0. The number of hydrogen-bond acceptors (Lipinski definition) is 7. The fraction of sp³-hybridized carbons (Fsp3) is 0.130. The summed E-state index contributed by atoms with van der Waals surface area (Å²) in [6.07, 6.45) is 1.38. The number of ether oxygens (including phenoxy) is 3. The third-order valence-corrected chi connectivity index (χ3v) is 5.14. The van der Waals surface area contributed by atoms with Crippen molar-refractivity contribution in [2.45, 2.75) is 6.54 Å². The van der Waals surface area contributed by atoms with Gasteiger partial charge < -0.3 is 24.8 Å². The predicted octanol–water partition coefficient (Wildman–Crippen LogP) is 2.12. The Morgan fingerprint density at radius 1 is 1.00 bits per heavy atom. The summed E-state index contributed by atoms with van der Waals surface area (Å²) < 4.78 is 17.9. The number of carbonyl (C=O) groups excluding carboxylic acids is 2. The highest BCUT2D eigenvalue weighted by molar-refractivity contribution is 6.04. The van der Waals surface area contributed by atoms with Crippen molar-refractivity contribution in [3.8, 4) is 17.2 Å². The highest BCUT2D eigenvalue weighted by atomic mass is 16.7. The van der Waals surface area contributed by atoms with Gasteiger partial charge in [-0.15, -0.1) is 5.10 Å². The molecule has 0 spiro atoms. The summed E-state index contributed by atoms with van der Waals surface area (Å²) in [5.74, 6) is 0.958. The number of anilines is 2. The Balaban J connectivity index is 1.30. The Morgan fingerprint density at radius 2 is 1.76 bits per heavy atom. The minimum absolute atomic E-state index is 0.128. The van der Waals surface area contributed by atoms with E-state index in [-0.39, 0.29) is 18.9 Å². The summed E-state index contributed by atoms with van der Waals surface area (Å²) >= 11 is 0. The van der Waals surface area contributed by atoms with Crippen LogP contribution >= 0.6 is 0 Å². The van der Waals surface area contributed by atoms with Gasteiger partial charge in [0.05, 0.1) is 12.7 Å². The van der Waals surface area contributed by atoms with Gasteiger partial charge in [-0.05, 0) is 48.5 Å². The number of carbonyl (C=O) groups is 2. The molecule has 2 amide bonds. The topological polar surface area (TPSA) is 125 Å². The van der Waals surface area contributed by atoms with E-state index in [0.717, 1.165) is 4.68 Å². The first-order chi connectivity index (χ1) is 16.5. The zero-order valence-electron chi connectivity index (χ0n) is 18.0. The van der Waals surface area contributed by atoms with Crippen molar-refractivity contribution in [3.05, 3.63) is 76.8 Å². The second-order valence-electron chi connectivity index (χ2n) is 7.39. The van der Waals surface area contributed by atoms with Gasteiger partial charge in [-0.2, -0.15) is 0 Å². The van der Waals surface area contributed by atoms with Gasteiger partial charge in [0.25, 0.3) is 5.91 Å². The third kappa shape index (κ3) is 4.13. The van der Waals surface area contributed by atoms with Gasteiger partial charge in [0.1, 0.15) is 12.3 Å². The molecule has 0 saturated heterocycles. The summed E-state index contributed by atoms with van der Waals surface area (Å²) in [4.78, 5) is 37.9. The Morgan fingerprint density at radius 3 is 2.56 bits per heavy atom. The molecule has 11 heteroatoms. The number of nitrogens with zero attached hydrogens (tertiary/aromatic N) is 3. The van der Waals surface area contributed by atoms with Gasteiger partial charge in [0.2, 0.25) is 12.7 Å². The first-order valence-corrected chi connectivity index (χ1v) is 10.2. The number of methoxy groups -OCH3 is 1. The minimum Gasteiger partial charge on any atom is -0.497 e. The largest absolute Gasteiger partial charge is 0.497 e. The van der Waals surface area contributed by atoms with Crippen LogP contribution in [0.2, 0.25) is 0 Å². The van der Waals surface area contributed by atoms with Crippen molar-refractivity contribution >= 4 is 28.8 Å². The SMILES string of the molecule is COc1ccc(NC(=O)c2ccc3nn(CC(=O)Nc4ccc5c(c4)OCO5)c(=O)n3c2)cc1. The second-order valence-corrected chi connectivity index (χ2v) is 7.39. The maximum absolute atomic E-state index is 12.8. The van der Waals surface area contributed by atoms with E-state index in [2.05, 4.69) is 15.7 Å². The van der Waals surface area contributed by atoms with Crippen molar-refractivity contribution in [2.24, 2.45) is 0 Å². The predicted molar refractivity (Wildman–Crippen MR) is 122 cm³/mol. The lowest BCUT2D eigenvalue weighted by molar-refractivity contribution is -0.117. The zero-order chi connectivity index (χ0) is 23.7. The number of amides is 2. The first kappa shape index (κ1) is 21.1. The molecule has 3 heterocycles. The first-order valence-electron chi connectivity index (χ1n) is 10.2. The molecule has 1 aliphatic rings. The molecular formula is C23H19N5O6. The van der Waals surface area contributed by atoms with E-state index < -0.39 is 17.5 Å². The van der Waals surface area contributed by atoms with Crippen molar-refractivity contribution in [2.75, 3.05) is 24.5 Å². The monoisotopic (exact) mass is 461 g/mol. The lowest BCUT2D eigenvalue weighted by atomic mass is 10.2. The maximum Gasteiger partial charge on any atom is 0.350 e. The highest BCUT2D eigenvalue weighted by Crippen LogP contribution is 2.34. The molecule has 0 unspecified atom stereocenters. The van der Waals surface area contributed by atoms with Crippen LogP contribution in [0.1, 0.15) is 10.4 Å². The molecule has 2 aromatic heterocycles.